The fourth-order valence-electron chi connectivity index (χ4n) is 4.71. The van der Waals surface area contributed by atoms with Crippen LogP contribution < -0.4 is 5.32 Å². The zero-order valence-electron chi connectivity index (χ0n) is 14.3. The van der Waals surface area contributed by atoms with Gasteiger partial charge in [0.05, 0.1) is 5.39 Å². The number of nitrogens with one attached hydrogen (secondary N) is 1. The second-order valence-corrected chi connectivity index (χ2v) is 8.36. The summed E-state index contributed by atoms with van der Waals surface area (Å²) in [7, 11) is 6.44. The van der Waals surface area contributed by atoms with Crippen molar-refractivity contribution in [1.82, 2.24) is 14.9 Å². The molecule has 4 nitrogen and oxygen atoms in total. The summed E-state index contributed by atoms with van der Waals surface area (Å²) in [5, 5.41) is 4.59. The number of hydrogen-bond donors (Lipinski definition) is 1. The first-order chi connectivity index (χ1) is 11.2. The first kappa shape index (κ1) is 15.3. The van der Waals surface area contributed by atoms with E-state index in [-0.39, 0.29) is 0 Å². The highest BCUT2D eigenvalue weighted by Gasteiger charge is 2.37. The highest BCUT2D eigenvalue weighted by atomic mass is 32.1. The normalized spacial score (nSPS) is 27.6. The van der Waals surface area contributed by atoms with E-state index in [1.165, 1.54) is 48.7 Å². The molecule has 0 radical (unpaired) electrons. The maximum atomic E-state index is 4.54. The lowest BCUT2D eigenvalue weighted by Crippen LogP contribution is -2.34. The first-order valence-electron chi connectivity index (χ1n) is 8.79. The van der Waals surface area contributed by atoms with Crippen molar-refractivity contribution in [2.24, 2.45) is 5.92 Å². The molecule has 2 aliphatic rings. The Hall–Kier alpha value is -1.20. The molecule has 2 aromatic rings. The van der Waals surface area contributed by atoms with Crippen LogP contribution in [0.1, 0.15) is 48.5 Å². The van der Waals surface area contributed by atoms with Crippen molar-refractivity contribution < 1.29 is 0 Å². The zero-order chi connectivity index (χ0) is 16.0. The van der Waals surface area contributed by atoms with E-state index in [9.17, 15) is 0 Å². The molecule has 2 aromatic heterocycles. The van der Waals surface area contributed by atoms with E-state index in [1.54, 1.807) is 16.8 Å². The van der Waals surface area contributed by atoms with Gasteiger partial charge in [0.2, 0.25) is 0 Å². The Morgan fingerprint density at radius 3 is 2.87 bits per heavy atom. The monoisotopic (exact) mass is 330 g/mol. The number of fused-ring (bicyclic) bond motifs is 3. The average molecular weight is 331 g/mol. The summed E-state index contributed by atoms with van der Waals surface area (Å²) in [5.74, 6) is 2.54. The Morgan fingerprint density at radius 2 is 2.09 bits per heavy atom. The molecule has 0 spiro atoms. The summed E-state index contributed by atoms with van der Waals surface area (Å²) in [5.41, 5.74) is 1.58. The van der Waals surface area contributed by atoms with Gasteiger partial charge >= 0.3 is 0 Å². The van der Waals surface area contributed by atoms with E-state index in [1.807, 2.05) is 18.4 Å². The largest absolute Gasteiger partial charge is 0.372 e. The summed E-state index contributed by atoms with van der Waals surface area (Å²) in [6.45, 7) is 0. The third-order valence-corrected chi connectivity index (χ3v) is 7.05. The van der Waals surface area contributed by atoms with Gasteiger partial charge in [-0.3, -0.25) is 0 Å². The molecule has 0 saturated heterocycles. The lowest BCUT2D eigenvalue weighted by molar-refractivity contribution is 0.169. The second kappa shape index (κ2) is 6.02. The Bertz CT molecular complexity index is 708. The molecule has 1 N–H and O–H groups in total. The minimum Gasteiger partial charge on any atom is -0.372 e. The molecule has 3 atom stereocenters. The van der Waals surface area contributed by atoms with Gasteiger partial charge in [0.15, 0.2) is 0 Å². The van der Waals surface area contributed by atoms with E-state index >= 15 is 0 Å². The summed E-state index contributed by atoms with van der Waals surface area (Å²) in [6, 6.07) is 0.753. The standard InChI is InChI=1S/C18H26N4S/c1-19-17-16-15-13(11-5-4-6-12(9-11)22(2)3)7-8-14(15)23-18(16)21-10-20-17/h10-13H,4-9H2,1-3H3,(H,19,20,21)/t11?,12-,13?/m0/s1. The number of anilines is 1. The molecule has 5 heteroatoms. The minimum absolute atomic E-state index is 0.708. The molecule has 1 fully saturated rings. The smallest absolute Gasteiger partial charge is 0.138 e. The minimum atomic E-state index is 0.708. The third-order valence-electron chi connectivity index (χ3n) is 5.88. The van der Waals surface area contributed by atoms with Gasteiger partial charge in [0, 0.05) is 18.0 Å². The van der Waals surface area contributed by atoms with Crippen molar-refractivity contribution in [3.05, 3.63) is 16.8 Å². The number of rotatable bonds is 3. The van der Waals surface area contributed by atoms with Gasteiger partial charge in [-0.05, 0) is 63.6 Å². The van der Waals surface area contributed by atoms with Crippen LogP contribution >= 0.6 is 11.3 Å². The lowest BCUT2D eigenvalue weighted by Gasteiger charge is -2.36. The van der Waals surface area contributed by atoms with E-state index in [0.29, 0.717) is 5.92 Å². The molecule has 0 amide bonds. The summed E-state index contributed by atoms with van der Waals surface area (Å²) in [6.07, 6.45) is 9.70. The van der Waals surface area contributed by atoms with Gasteiger partial charge in [-0.15, -0.1) is 11.3 Å². The van der Waals surface area contributed by atoms with Crippen molar-refractivity contribution in [3.8, 4) is 0 Å². The summed E-state index contributed by atoms with van der Waals surface area (Å²) < 4.78 is 0. The lowest BCUT2D eigenvalue weighted by atomic mass is 9.75. The summed E-state index contributed by atoms with van der Waals surface area (Å²) in [4.78, 5) is 14.2. The van der Waals surface area contributed by atoms with Crippen molar-refractivity contribution in [2.75, 3.05) is 26.5 Å². The van der Waals surface area contributed by atoms with Crippen molar-refractivity contribution in [1.29, 1.82) is 0 Å². The molecule has 124 valence electrons. The number of nitrogens with zero attached hydrogens (tertiary/aromatic N) is 3. The Labute approximate surface area is 142 Å². The number of hydrogen-bond acceptors (Lipinski definition) is 5. The first-order valence-corrected chi connectivity index (χ1v) is 9.61. The summed E-state index contributed by atoms with van der Waals surface area (Å²) >= 11 is 1.89. The zero-order valence-corrected chi connectivity index (χ0v) is 15.1. The van der Waals surface area contributed by atoms with Gasteiger partial charge in [-0.1, -0.05) is 6.42 Å². The Balaban J connectivity index is 1.72. The molecule has 0 aliphatic heterocycles. The SMILES string of the molecule is CNc1ncnc2sc3c(c12)C(C1CCC[C@H](N(C)C)C1)CC3. The average Bonchev–Trinajstić information content (AvgIpc) is 3.13. The molecule has 23 heavy (non-hydrogen) atoms. The predicted octanol–water partition coefficient (Wildman–Crippen LogP) is 3.88. The van der Waals surface area contributed by atoms with Crippen molar-refractivity contribution in [2.45, 2.75) is 50.5 Å². The number of thiophene rings is 1. The van der Waals surface area contributed by atoms with Gasteiger partial charge < -0.3 is 10.2 Å². The maximum Gasteiger partial charge on any atom is 0.138 e. The highest BCUT2D eigenvalue weighted by molar-refractivity contribution is 7.19. The predicted molar refractivity (Wildman–Crippen MR) is 97.5 cm³/mol. The topological polar surface area (TPSA) is 41.1 Å². The quantitative estimate of drug-likeness (QED) is 0.927. The van der Waals surface area contributed by atoms with Crippen LogP contribution in [0.3, 0.4) is 0 Å². The molecule has 2 heterocycles. The van der Waals surface area contributed by atoms with Crippen LogP contribution in [0.2, 0.25) is 0 Å². The van der Waals surface area contributed by atoms with Crippen LogP contribution in [0, 0.1) is 5.92 Å². The fraction of sp³-hybridized carbons (Fsp3) is 0.667. The van der Waals surface area contributed by atoms with Crippen LogP contribution in [0.25, 0.3) is 10.2 Å². The molecular weight excluding hydrogens is 304 g/mol. The van der Waals surface area contributed by atoms with Crippen LogP contribution in [-0.2, 0) is 6.42 Å². The van der Waals surface area contributed by atoms with Gasteiger partial charge in [-0.2, -0.15) is 0 Å². The van der Waals surface area contributed by atoms with E-state index in [0.717, 1.165) is 17.8 Å². The molecule has 4 rings (SSSR count). The van der Waals surface area contributed by atoms with E-state index < -0.39 is 0 Å². The molecule has 2 aliphatic carbocycles. The number of aromatic nitrogens is 2. The Morgan fingerprint density at radius 1 is 1.22 bits per heavy atom. The van der Waals surface area contributed by atoms with Crippen LogP contribution in [0.15, 0.2) is 6.33 Å². The third kappa shape index (κ3) is 2.54. The molecule has 2 unspecified atom stereocenters. The van der Waals surface area contributed by atoms with Crippen LogP contribution in [0.5, 0.6) is 0 Å². The van der Waals surface area contributed by atoms with E-state index in [2.05, 4.69) is 34.3 Å². The Kier molecular flexibility index (Phi) is 4.01. The van der Waals surface area contributed by atoms with Gasteiger partial charge in [0.25, 0.3) is 0 Å². The van der Waals surface area contributed by atoms with Crippen molar-refractivity contribution in [3.63, 3.8) is 0 Å². The van der Waals surface area contributed by atoms with Gasteiger partial charge in [0.1, 0.15) is 17.0 Å². The van der Waals surface area contributed by atoms with Crippen LogP contribution in [-0.4, -0.2) is 42.1 Å². The number of aryl methyl sites for hydroxylation is 1. The highest BCUT2D eigenvalue weighted by Crippen LogP contribution is 2.51. The molecule has 0 bridgehead atoms. The molecule has 0 aromatic carbocycles. The van der Waals surface area contributed by atoms with Crippen LogP contribution in [0.4, 0.5) is 5.82 Å². The van der Waals surface area contributed by atoms with Gasteiger partial charge in [-0.25, -0.2) is 9.97 Å². The maximum absolute atomic E-state index is 4.54. The molecule has 1 saturated carbocycles. The fourth-order valence-corrected chi connectivity index (χ4v) is 5.93. The van der Waals surface area contributed by atoms with E-state index in [4.69, 9.17) is 0 Å². The van der Waals surface area contributed by atoms with Crippen molar-refractivity contribution >= 4 is 27.4 Å². The second-order valence-electron chi connectivity index (χ2n) is 7.28. The molecular formula is C18H26N4S.